The Morgan fingerprint density at radius 3 is 1.13 bits per heavy atom. The first-order valence-corrected chi connectivity index (χ1v) is 56.6. The fourth-order valence-corrected chi connectivity index (χ4v) is 37.0. The quantitative estimate of drug-likeness (QED) is 0.0532. The molecule has 2 unspecified atom stereocenters. The second kappa shape index (κ2) is 41.4. The molecular formula is C100H111BrCl2N6O2P2PdSn. The molecule has 2 aromatic heterocycles. The van der Waals surface area contributed by atoms with Gasteiger partial charge < -0.3 is 20.9 Å². The van der Waals surface area contributed by atoms with Gasteiger partial charge in [0.2, 0.25) is 0 Å². The molecule has 115 heavy (non-hydrogen) atoms. The largest absolute Gasteiger partial charge is 0.0622 e. The molecule has 2 aliphatic heterocycles. The van der Waals surface area contributed by atoms with Crippen LogP contribution in [0, 0.1) is 44.4 Å². The van der Waals surface area contributed by atoms with Gasteiger partial charge in [-0.3, -0.25) is 20.0 Å². The molecule has 0 radical (unpaired) electrons. The monoisotopic (exact) mass is 1860 g/mol. The van der Waals surface area contributed by atoms with Gasteiger partial charge in [-0.05, 0) is 183 Å². The Bertz CT molecular complexity index is 4660. The first-order valence-electron chi connectivity index (χ1n) is 41.7. The average molecular weight is 1870 g/mol. The molecule has 0 saturated heterocycles. The van der Waals surface area contributed by atoms with Crippen LogP contribution in [0.5, 0.6) is 0 Å². The summed E-state index contributed by atoms with van der Waals surface area (Å²) in [4.78, 5) is 19.4. The Kier molecular flexibility index (Phi) is 31.1. The molecule has 15 heteroatoms. The molecule has 4 N–H and O–H groups in total. The number of nitrogens with two attached hydrogens (primary N) is 2. The minimum atomic E-state index is -2.07. The summed E-state index contributed by atoms with van der Waals surface area (Å²) >= 11 is 1.50. The summed E-state index contributed by atoms with van der Waals surface area (Å²) in [5, 5.41) is 8.39. The van der Waals surface area contributed by atoms with Crippen LogP contribution in [-0.4, -0.2) is 66.4 Å². The van der Waals surface area contributed by atoms with Crippen molar-refractivity contribution in [2.75, 3.05) is 14.2 Å². The van der Waals surface area contributed by atoms with Gasteiger partial charge in [-0.2, -0.15) is 0 Å². The summed E-state index contributed by atoms with van der Waals surface area (Å²) < 4.78 is 21.0. The van der Waals surface area contributed by atoms with Gasteiger partial charge in [-0.25, -0.2) is 0 Å². The Morgan fingerprint density at radius 1 is 0.452 bits per heavy atom. The maximum atomic E-state index is 6.52. The van der Waals surface area contributed by atoms with E-state index < -0.39 is 45.3 Å². The van der Waals surface area contributed by atoms with E-state index >= 15 is 0 Å². The van der Waals surface area contributed by atoms with Crippen molar-refractivity contribution in [1.29, 1.82) is 0 Å². The Balaban J connectivity index is 0.000000126. The molecule has 10 aromatic rings. The number of hydrogen-bond donors (Lipinski definition) is 2. The van der Waals surface area contributed by atoms with Crippen molar-refractivity contribution in [1.82, 2.24) is 9.97 Å². The second-order valence-corrected chi connectivity index (χ2v) is 52.1. The number of pyridine rings is 2. The zero-order valence-corrected chi connectivity index (χ0v) is 76.7. The molecule has 4 saturated carbocycles. The number of unbranched alkanes of at least 4 members (excludes halogenated alkanes) is 3. The number of aromatic nitrogens is 2. The van der Waals surface area contributed by atoms with Crippen LogP contribution in [-0.2, 0) is 49.3 Å². The summed E-state index contributed by atoms with van der Waals surface area (Å²) in [5.41, 5.74) is 23.0. The summed E-state index contributed by atoms with van der Waals surface area (Å²) in [6, 6.07) is 82.1. The number of benzene rings is 8. The third-order valence-electron chi connectivity index (χ3n) is 24.8. The predicted molar refractivity (Wildman–Crippen MR) is 490 cm³/mol. The number of hydrogen-bond acceptors (Lipinski definition) is 8. The van der Waals surface area contributed by atoms with Crippen LogP contribution in [0.1, 0.15) is 186 Å². The van der Waals surface area contributed by atoms with Crippen molar-refractivity contribution < 1.29 is 25.4 Å². The molecule has 4 fully saturated rings. The number of fused-ring (bicyclic) bond motifs is 10. The first kappa shape index (κ1) is 86.3. The van der Waals surface area contributed by atoms with Crippen molar-refractivity contribution in [3.8, 4) is 21.7 Å². The zero-order valence-electron chi connectivity index (χ0n) is 67.4. The van der Waals surface area contributed by atoms with Crippen molar-refractivity contribution in [3.05, 3.63) is 310 Å². The maximum absolute atomic E-state index is 6.52. The smallest absolute Gasteiger partial charge is 0.0134 e. The fourth-order valence-electron chi connectivity index (χ4n) is 18.6. The van der Waals surface area contributed by atoms with Gasteiger partial charge in [0.15, 0.2) is 0 Å². The van der Waals surface area contributed by atoms with Crippen LogP contribution < -0.4 is 43.3 Å². The van der Waals surface area contributed by atoms with Gasteiger partial charge in [0.1, 0.15) is 22.7 Å². The van der Waals surface area contributed by atoms with E-state index in [1.165, 1.54) is 129 Å². The van der Waals surface area contributed by atoms with E-state index in [9.17, 15) is 0 Å². The van der Waals surface area contributed by atoms with Crippen LogP contribution in [0.3, 0.4) is 0 Å². The topological polar surface area (TPSA) is 121 Å². The van der Waals surface area contributed by atoms with E-state index in [2.05, 4.69) is 287 Å². The normalized spacial score (nSPS) is 21.4. The number of rotatable bonds is 17. The van der Waals surface area contributed by atoms with Crippen molar-refractivity contribution in [3.63, 3.8) is 0 Å². The first-order chi connectivity index (χ1) is 56.3. The number of methoxy groups -OCH3 is 2. The van der Waals surface area contributed by atoms with Crippen molar-refractivity contribution >= 4 is 113 Å². The predicted octanol–water partition coefficient (Wildman–Crippen LogP) is 21.9. The van der Waals surface area contributed by atoms with Crippen LogP contribution in [0.2, 0.25) is 13.3 Å². The van der Waals surface area contributed by atoms with Crippen LogP contribution in [0.15, 0.2) is 270 Å². The summed E-state index contributed by atoms with van der Waals surface area (Å²) in [6.45, 7) is 7.01. The molecule has 4 spiro atoms. The van der Waals surface area contributed by atoms with E-state index in [1.54, 1.807) is 13.3 Å². The van der Waals surface area contributed by atoms with Gasteiger partial charge in [0.25, 0.3) is 0 Å². The van der Waals surface area contributed by atoms with Gasteiger partial charge in [0.05, 0.1) is 12.2 Å². The molecular weight excluding hydrogens is 1760 g/mol. The van der Waals surface area contributed by atoms with E-state index in [0.29, 0.717) is 29.8 Å². The Hall–Kier alpha value is -6.58. The van der Waals surface area contributed by atoms with Crippen LogP contribution in [0.4, 0.5) is 0 Å². The minimum absolute atomic E-state index is 0.0197. The number of halogens is 3. The minimum Gasteiger partial charge on any atom is -0.0622 e. The van der Waals surface area contributed by atoms with E-state index in [1.807, 2.05) is 51.1 Å². The molecule has 6 aliphatic carbocycles. The van der Waals surface area contributed by atoms with E-state index in [-0.39, 0.29) is 26.8 Å². The Labute approximate surface area is 717 Å². The number of ether oxygens (including phenoxy) is 2. The average Bonchev–Trinajstić information content (AvgIpc) is 1.57. The third-order valence-corrected chi connectivity index (χ3v) is 43.3. The number of nitrogens with zero attached hydrogens (tertiary/aromatic N) is 4. The molecule has 0 amide bonds. The third kappa shape index (κ3) is 20.1. The second-order valence-electron chi connectivity index (χ2n) is 32.1. The SMILES string of the molecule is CCC[CH2][Sn]([C]#CC1CC1)([CH2]CCC)[CH2]CCC.COC1CCC2(CC1)Cc1ccc(Br)cc1C21N=C(N)c2ccncc21.COC1CCC2(CC1)Cc1ccc(C#CC3CC3)cc1C21N=C(N)c2ccncc21.[Cl][Pd][Cl].c1ccc(P(c2ccccc2)c2ccccc2)cc1.c1ccc(P(c2ccccc2)c2ccccc2)cc1. The van der Waals surface area contributed by atoms with Gasteiger partial charge in [-0.15, -0.1) is 0 Å². The Morgan fingerprint density at radius 2 is 0.791 bits per heavy atom. The van der Waals surface area contributed by atoms with Gasteiger partial charge >= 0.3 is 155 Å². The van der Waals surface area contributed by atoms with Crippen molar-refractivity contribution in [2.24, 2.45) is 44.1 Å². The molecule has 598 valence electrons. The molecule has 2 atom stereocenters. The molecule has 0 bridgehead atoms. The van der Waals surface area contributed by atoms with Gasteiger partial charge in [0, 0.05) is 88.0 Å². The zero-order chi connectivity index (χ0) is 80.1. The number of aliphatic imine (C=N–C) groups is 2. The summed E-state index contributed by atoms with van der Waals surface area (Å²) in [5.74, 6) is 13.2. The van der Waals surface area contributed by atoms with Crippen LogP contribution >= 0.6 is 50.8 Å². The molecule has 8 aromatic carbocycles. The van der Waals surface area contributed by atoms with E-state index in [4.69, 9.17) is 50.0 Å². The van der Waals surface area contributed by atoms with E-state index in [0.717, 1.165) is 91.3 Å². The van der Waals surface area contributed by atoms with Crippen LogP contribution in [0.25, 0.3) is 0 Å². The molecule has 4 heterocycles. The summed E-state index contributed by atoms with van der Waals surface area (Å²) in [7, 11) is 12.4. The maximum Gasteiger partial charge on any atom is -0.0134 e. The molecule has 18 rings (SSSR count). The standard InChI is InChI=1S/C26H27N3O.C21H22BrN3O.2C18H15P.C5H5.3C4H9.2ClH.Pd.Sn/c1-30-20-8-11-25(12-9-20)15-19-7-6-18(5-4-17-2-3-17)14-22(19)26(25)23-16-28-13-10-21(23)24(27)29-26;1-26-15-4-7-20(8-5-15)11-13-2-3-14(22)10-17(13)21(20)18-12-24-9-6-16(18)19(23)25-21;2*1-4-10-16(11-5-1)19(17-12-6-2-7-13-17)18-14-8-3-9-15-18;1-2-5-3-4-5;3*1-3-4-2;;;;/h6-7,10,13-14,16-17,20H,2-3,8-9,11-12,15H2,1H3,(H2,27,29);2-3,6,9-10,12,15H,4-5,7-8,11H2,1H3,(H2,23,25);2*1-15H;5H,3-4H2;3*1,3-4H2,2H3;2*1H;;/q;;;;;;;;;;+2;/p-2. The van der Waals surface area contributed by atoms with Crippen molar-refractivity contribution in [2.45, 2.75) is 186 Å². The molecule has 8 nitrogen and oxygen atoms in total. The molecule has 8 aliphatic rings. The number of amidine groups is 2. The fraction of sp³-hybridized carbons (Fsp3) is 0.360. The van der Waals surface area contributed by atoms with Gasteiger partial charge in [-0.1, -0.05) is 222 Å². The summed E-state index contributed by atoms with van der Waals surface area (Å²) in [6.07, 6.45) is 32.7.